The summed E-state index contributed by atoms with van der Waals surface area (Å²) < 4.78 is 12.7. The second-order valence-corrected chi connectivity index (χ2v) is 8.04. The molecular weight excluding hydrogens is 315 g/mol. The minimum absolute atomic E-state index is 0.0912. The number of ketones is 1. The molecule has 0 heterocycles. The zero-order chi connectivity index (χ0) is 16.3. The van der Waals surface area contributed by atoms with E-state index in [1.807, 2.05) is 45.0 Å². The normalized spacial score (nSPS) is 14.3. The number of alkyl halides is 1. The van der Waals surface area contributed by atoms with Crippen LogP contribution in [0.2, 0.25) is 0 Å². The Bertz CT molecular complexity index is 710. The monoisotopic (exact) mass is 333 g/mol. The number of carbonyl (C=O) groups excluding carboxylic acids is 1. The minimum Gasteiger partial charge on any atom is -0.288 e. The zero-order valence-corrected chi connectivity index (χ0v) is 14.6. The second kappa shape index (κ2) is 7.17. The van der Waals surface area contributed by atoms with E-state index in [1.165, 1.54) is 0 Å². The van der Waals surface area contributed by atoms with Gasteiger partial charge in [-0.1, -0.05) is 41.0 Å². The Morgan fingerprint density at radius 3 is 2.14 bits per heavy atom. The van der Waals surface area contributed by atoms with Gasteiger partial charge < -0.3 is 0 Å². The summed E-state index contributed by atoms with van der Waals surface area (Å²) in [6.07, 6.45) is 0. The molecule has 0 N–H and O–H groups in total. The van der Waals surface area contributed by atoms with E-state index in [-0.39, 0.29) is 16.8 Å². The third-order valence-corrected chi connectivity index (χ3v) is 6.42. The van der Waals surface area contributed by atoms with Crippen LogP contribution >= 0.6 is 19.4 Å². The van der Waals surface area contributed by atoms with Crippen molar-refractivity contribution in [3.05, 3.63) is 65.2 Å². The number of carbonyl (C=O) groups is 1. The molecule has 0 fully saturated rings. The Labute approximate surface area is 137 Å². The maximum atomic E-state index is 12.8. The van der Waals surface area contributed by atoms with Gasteiger partial charge in [0.2, 0.25) is 5.30 Å². The van der Waals surface area contributed by atoms with Crippen LogP contribution in [0.15, 0.2) is 48.5 Å². The number of rotatable bonds is 5. The van der Waals surface area contributed by atoms with Gasteiger partial charge in [-0.05, 0) is 38.5 Å². The lowest BCUT2D eigenvalue weighted by Crippen LogP contribution is -2.20. The summed E-state index contributed by atoms with van der Waals surface area (Å²) >= 11 is 6.08. The van der Waals surface area contributed by atoms with Gasteiger partial charge in [0, 0.05) is 5.56 Å². The molecule has 3 unspecified atom stereocenters. The number of hydrogen-bond acceptors (Lipinski definition) is 2. The van der Waals surface area contributed by atoms with Crippen molar-refractivity contribution in [2.24, 2.45) is 0 Å². The Kier molecular flexibility index (Phi) is 5.50. The van der Waals surface area contributed by atoms with E-state index in [4.69, 9.17) is 11.6 Å². The molecule has 0 spiro atoms. The maximum absolute atomic E-state index is 12.8. The van der Waals surface area contributed by atoms with E-state index in [9.17, 15) is 9.36 Å². The van der Waals surface area contributed by atoms with E-state index < -0.39 is 7.80 Å². The molecule has 4 heteroatoms. The van der Waals surface area contributed by atoms with Crippen LogP contribution in [-0.4, -0.2) is 16.8 Å². The SMILES string of the molecule is Cc1ccccc1C(=O)c1ccccc1[P+](=O)C(C)C(C)Cl. The smallest absolute Gasteiger partial charge is 0.288 e. The molecule has 0 bridgehead atoms. The van der Waals surface area contributed by atoms with E-state index in [2.05, 4.69) is 0 Å². The molecule has 0 aliphatic heterocycles. The number of aryl methyl sites for hydroxylation is 1. The molecule has 2 nitrogen and oxygen atoms in total. The van der Waals surface area contributed by atoms with Crippen LogP contribution in [0.1, 0.15) is 35.3 Å². The van der Waals surface area contributed by atoms with Crippen molar-refractivity contribution in [3.8, 4) is 0 Å². The highest BCUT2D eigenvalue weighted by Gasteiger charge is 2.36. The maximum Gasteiger partial charge on any atom is 0.382 e. The summed E-state index contributed by atoms with van der Waals surface area (Å²) in [5.74, 6) is -0.0912. The summed E-state index contributed by atoms with van der Waals surface area (Å²) in [7, 11) is -1.73. The largest absolute Gasteiger partial charge is 0.382 e. The molecule has 2 aromatic rings. The number of hydrogen-bond donors (Lipinski definition) is 0. The van der Waals surface area contributed by atoms with Gasteiger partial charge in [0.25, 0.3) is 0 Å². The highest BCUT2D eigenvalue weighted by Crippen LogP contribution is 2.33. The summed E-state index contributed by atoms with van der Waals surface area (Å²) in [5.41, 5.74) is 1.87. The molecular formula is C18H19ClO2P+. The Morgan fingerprint density at radius 2 is 1.55 bits per heavy atom. The van der Waals surface area contributed by atoms with E-state index in [1.54, 1.807) is 24.3 Å². The fourth-order valence-electron chi connectivity index (χ4n) is 2.24. The predicted molar refractivity (Wildman–Crippen MR) is 93.1 cm³/mol. The standard InChI is InChI=1S/C18H19ClO2P/c1-12-8-4-5-9-15(12)18(20)16-10-6-7-11-17(16)22(21)14(3)13(2)19/h4-11,13-14H,1-3H3/q+1. The van der Waals surface area contributed by atoms with Crippen molar-refractivity contribution in [3.63, 3.8) is 0 Å². The van der Waals surface area contributed by atoms with Crippen LogP contribution in [0.4, 0.5) is 0 Å². The second-order valence-electron chi connectivity index (χ2n) is 5.41. The van der Waals surface area contributed by atoms with E-state index in [0.717, 1.165) is 5.56 Å². The van der Waals surface area contributed by atoms with Gasteiger partial charge in [-0.2, -0.15) is 0 Å². The van der Waals surface area contributed by atoms with Crippen molar-refractivity contribution >= 4 is 30.5 Å². The molecule has 2 rings (SSSR count). The van der Waals surface area contributed by atoms with Gasteiger partial charge in [-0.3, -0.25) is 4.79 Å². The Morgan fingerprint density at radius 1 is 1.00 bits per heavy atom. The first-order chi connectivity index (χ1) is 10.4. The predicted octanol–water partition coefficient (Wildman–Crippen LogP) is 4.69. The molecule has 3 atom stereocenters. The lowest BCUT2D eigenvalue weighted by atomic mass is 9.99. The van der Waals surface area contributed by atoms with Crippen LogP contribution in [0.25, 0.3) is 0 Å². The van der Waals surface area contributed by atoms with Crippen LogP contribution in [0.5, 0.6) is 0 Å². The Balaban J connectivity index is 2.47. The van der Waals surface area contributed by atoms with Crippen LogP contribution < -0.4 is 5.30 Å². The van der Waals surface area contributed by atoms with Crippen molar-refractivity contribution in [1.29, 1.82) is 0 Å². The van der Waals surface area contributed by atoms with Crippen LogP contribution in [0, 0.1) is 6.92 Å². The molecule has 0 aliphatic rings. The molecule has 0 aromatic heterocycles. The molecule has 22 heavy (non-hydrogen) atoms. The molecule has 0 saturated carbocycles. The van der Waals surface area contributed by atoms with Crippen molar-refractivity contribution in [2.75, 3.05) is 0 Å². The highest BCUT2D eigenvalue weighted by atomic mass is 35.5. The first-order valence-electron chi connectivity index (χ1n) is 7.23. The third-order valence-electron chi connectivity index (χ3n) is 3.81. The van der Waals surface area contributed by atoms with E-state index >= 15 is 0 Å². The van der Waals surface area contributed by atoms with Crippen molar-refractivity contribution in [1.82, 2.24) is 0 Å². The summed E-state index contributed by atoms with van der Waals surface area (Å²) in [6.45, 7) is 5.58. The van der Waals surface area contributed by atoms with Gasteiger partial charge in [0.1, 0.15) is 0 Å². The highest BCUT2D eigenvalue weighted by molar-refractivity contribution is 7.54. The van der Waals surface area contributed by atoms with Crippen molar-refractivity contribution in [2.45, 2.75) is 31.8 Å². The molecule has 0 amide bonds. The average molecular weight is 334 g/mol. The van der Waals surface area contributed by atoms with E-state index in [0.29, 0.717) is 16.4 Å². The third kappa shape index (κ3) is 3.45. The molecule has 0 aliphatic carbocycles. The first-order valence-corrected chi connectivity index (χ1v) is 8.99. The topological polar surface area (TPSA) is 34.1 Å². The van der Waals surface area contributed by atoms with Gasteiger partial charge >= 0.3 is 7.80 Å². The van der Waals surface area contributed by atoms with Gasteiger partial charge in [0.15, 0.2) is 11.4 Å². The number of halogens is 1. The van der Waals surface area contributed by atoms with Crippen LogP contribution in [0.3, 0.4) is 0 Å². The summed E-state index contributed by atoms with van der Waals surface area (Å²) in [5, 5.41) is 0.371. The molecule has 0 radical (unpaired) electrons. The first kappa shape index (κ1) is 16.9. The fourth-order valence-corrected chi connectivity index (χ4v) is 4.00. The number of benzene rings is 2. The molecule has 0 saturated heterocycles. The average Bonchev–Trinajstić information content (AvgIpc) is 2.53. The molecule has 2 aromatic carbocycles. The fraction of sp³-hybridized carbons (Fsp3) is 0.278. The lowest BCUT2D eigenvalue weighted by molar-refractivity contribution is 0.103. The van der Waals surface area contributed by atoms with Gasteiger partial charge in [0.05, 0.1) is 10.9 Å². The zero-order valence-electron chi connectivity index (χ0n) is 12.9. The van der Waals surface area contributed by atoms with Crippen molar-refractivity contribution < 1.29 is 9.36 Å². The Hall–Kier alpha value is -1.50. The summed E-state index contributed by atoms with van der Waals surface area (Å²) in [4.78, 5) is 12.8. The molecule has 114 valence electrons. The summed E-state index contributed by atoms with van der Waals surface area (Å²) in [6, 6.07) is 14.6. The van der Waals surface area contributed by atoms with Gasteiger partial charge in [-0.25, -0.2) is 0 Å². The van der Waals surface area contributed by atoms with Crippen LogP contribution in [-0.2, 0) is 4.57 Å². The van der Waals surface area contributed by atoms with Gasteiger partial charge in [-0.15, -0.1) is 11.6 Å². The minimum atomic E-state index is -1.73. The quantitative estimate of drug-likeness (QED) is 0.452. The lowest BCUT2D eigenvalue weighted by Gasteiger charge is -2.07.